The number of aromatic nitrogens is 1. The van der Waals surface area contributed by atoms with Gasteiger partial charge in [-0.3, -0.25) is 9.78 Å². The lowest BCUT2D eigenvalue weighted by Crippen LogP contribution is -2.43. The van der Waals surface area contributed by atoms with Crippen LogP contribution in [0.5, 0.6) is 5.75 Å². The number of nitriles is 1. The van der Waals surface area contributed by atoms with Crippen LogP contribution in [-0.4, -0.2) is 48.6 Å². The molecule has 0 N–H and O–H groups in total. The lowest BCUT2D eigenvalue weighted by molar-refractivity contribution is -0.136. The number of carbonyl (C=O) groups excluding carboxylic acids is 1. The predicted octanol–water partition coefficient (Wildman–Crippen LogP) is 4.12. The Labute approximate surface area is 178 Å². The van der Waals surface area contributed by atoms with E-state index in [1.807, 2.05) is 25.1 Å². The van der Waals surface area contributed by atoms with Crippen molar-refractivity contribution in [3.8, 4) is 11.8 Å². The molecule has 158 valence electrons. The van der Waals surface area contributed by atoms with Gasteiger partial charge in [0.05, 0.1) is 23.4 Å². The molecule has 30 heavy (non-hydrogen) atoms. The number of amides is 1. The normalized spacial score (nSPS) is 18.1. The van der Waals surface area contributed by atoms with Crippen LogP contribution in [-0.2, 0) is 4.79 Å². The number of fused-ring (bicyclic) bond motifs is 1. The first kappa shape index (κ1) is 20.5. The van der Waals surface area contributed by atoms with Gasteiger partial charge in [0, 0.05) is 43.7 Å². The number of benzene rings is 1. The second-order valence-electron chi connectivity index (χ2n) is 8.25. The maximum Gasteiger partial charge on any atom is 0.225 e. The molecule has 6 heteroatoms. The average molecular weight is 407 g/mol. The van der Waals surface area contributed by atoms with Crippen molar-refractivity contribution in [2.45, 2.75) is 45.4 Å². The SMILES string of the molecule is CCOc1ccc2ncc(C#N)c(N3CCC(C(=O)N4CCCCCC4)CC3)c2c1. The van der Waals surface area contributed by atoms with Crippen molar-refractivity contribution in [2.24, 2.45) is 5.92 Å². The van der Waals surface area contributed by atoms with Gasteiger partial charge in [0.15, 0.2) is 0 Å². The number of nitrogens with zero attached hydrogens (tertiary/aromatic N) is 4. The first-order chi connectivity index (χ1) is 14.7. The summed E-state index contributed by atoms with van der Waals surface area (Å²) in [5.74, 6) is 1.21. The zero-order valence-electron chi connectivity index (χ0n) is 17.8. The van der Waals surface area contributed by atoms with E-state index in [-0.39, 0.29) is 5.92 Å². The molecule has 3 heterocycles. The fraction of sp³-hybridized carbons (Fsp3) is 0.542. The fourth-order valence-corrected chi connectivity index (χ4v) is 4.74. The lowest BCUT2D eigenvalue weighted by atomic mass is 9.94. The Morgan fingerprint density at radius 1 is 1.17 bits per heavy atom. The van der Waals surface area contributed by atoms with E-state index in [9.17, 15) is 10.1 Å². The van der Waals surface area contributed by atoms with Gasteiger partial charge in [-0.25, -0.2) is 0 Å². The number of pyridine rings is 1. The first-order valence-electron chi connectivity index (χ1n) is 11.2. The van der Waals surface area contributed by atoms with Gasteiger partial charge in [0.2, 0.25) is 5.91 Å². The van der Waals surface area contributed by atoms with Crippen LogP contribution in [0.3, 0.4) is 0 Å². The molecule has 2 aromatic rings. The van der Waals surface area contributed by atoms with E-state index < -0.39 is 0 Å². The van der Waals surface area contributed by atoms with Crippen molar-refractivity contribution in [1.82, 2.24) is 9.88 Å². The summed E-state index contributed by atoms with van der Waals surface area (Å²) in [5.41, 5.74) is 2.35. The van der Waals surface area contributed by atoms with E-state index in [0.717, 1.165) is 74.2 Å². The summed E-state index contributed by atoms with van der Waals surface area (Å²) in [4.78, 5) is 21.8. The number of hydrogen-bond acceptors (Lipinski definition) is 5. The number of rotatable bonds is 4. The summed E-state index contributed by atoms with van der Waals surface area (Å²) in [7, 11) is 0. The van der Waals surface area contributed by atoms with Gasteiger partial charge in [0.1, 0.15) is 11.8 Å². The summed E-state index contributed by atoms with van der Waals surface area (Å²) in [5, 5.41) is 10.7. The van der Waals surface area contributed by atoms with Crippen molar-refractivity contribution in [2.75, 3.05) is 37.7 Å². The minimum Gasteiger partial charge on any atom is -0.494 e. The van der Waals surface area contributed by atoms with Crippen molar-refractivity contribution >= 4 is 22.5 Å². The third-order valence-electron chi connectivity index (χ3n) is 6.32. The predicted molar refractivity (Wildman–Crippen MR) is 118 cm³/mol. The lowest BCUT2D eigenvalue weighted by Gasteiger charge is -2.36. The van der Waals surface area contributed by atoms with Crippen molar-refractivity contribution in [1.29, 1.82) is 5.26 Å². The van der Waals surface area contributed by atoms with Crippen LogP contribution in [0.4, 0.5) is 5.69 Å². The highest BCUT2D eigenvalue weighted by Crippen LogP contribution is 2.35. The molecule has 0 spiro atoms. The second kappa shape index (κ2) is 9.34. The minimum absolute atomic E-state index is 0.0944. The van der Waals surface area contributed by atoms with Gasteiger partial charge in [0.25, 0.3) is 0 Å². The number of ether oxygens (including phenoxy) is 1. The average Bonchev–Trinajstić information content (AvgIpc) is 3.08. The maximum absolute atomic E-state index is 13.0. The zero-order valence-corrected chi connectivity index (χ0v) is 17.8. The molecule has 2 saturated heterocycles. The van der Waals surface area contributed by atoms with Gasteiger partial charge >= 0.3 is 0 Å². The number of hydrogen-bond donors (Lipinski definition) is 0. The molecular weight excluding hydrogens is 376 g/mol. The molecule has 2 fully saturated rings. The summed E-state index contributed by atoms with van der Waals surface area (Å²) >= 11 is 0. The highest BCUT2D eigenvalue weighted by Gasteiger charge is 2.30. The number of piperidine rings is 1. The Bertz CT molecular complexity index is 936. The zero-order chi connectivity index (χ0) is 20.9. The highest BCUT2D eigenvalue weighted by atomic mass is 16.5. The molecule has 0 atom stereocenters. The molecule has 1 amide bonds. The van der Waals surface area contributed by atoms with Gasteiger partial charge in [-0.1, -0.05) is 12.8 Å². The Hall–Kier alpha value is -2.81. The third kappa shape index (κ3) is 4.21. The van der Waals surface area contributed by atoms with Gasteiger partial charge in [-0.05, 0) is 50.8 Å². The quantitative estimate of drug-likeness (QED) is 0.764. The topological polar surface area (TPSA) is 69.5 Å². The summed E-state index contributed by atoms with van der Waals surface area (Å²) in [6.45, 7) is 5.92. The molecule has 0 aliphatic carbocycles. The van der Waals surface area contributed by atoms with Gasteiger partial charge < -0.3 is 14.5 Å². The molecule has 4 rings (SSSR count). The molecule has 1 aromatic heterocycles. The van der Waals surface area contributed by atoms with Crippen molar-refractivity contribution < 1.29 is 9.53 Å². The van der Waals surface area contributed by atoms with E-state index >= 15 is 0 Å². The molecule has 2 aliphatic rings. The molecule has 0 unspecified atom stereocenters. The molecular formula is C24H30N4O2. The Morgan fingerprint density at radius 2 is 1.90 bits per heavy atom. The molecule has 1 aromatic carbocycles. The van der Waals surface area contributed by atoms with Crippen molar-refractivity contribution in [3.05, 3.63) is 30.0 Å². The van der Waals surface area contributed by atoms with Crippen LogP contribution in [0.25, 0.3) is 10.9 Å². The minimum atomic E-state index is 0.0944. The van der Waals surface area contributed by atoms with Crippen LogP contribution >= 0.6 is 0 Å². The van der Waals surface area contributed by atoms with E-state index in [2.05, 4.69) is 20.9 Å². The Balaban J connectivity index is 1.54. The molecule has 0 radical (unpaired) electrons. The largest absolute Gasteiger partial charge is 0.494 e. The highest BCUT2D eigenvalue weighted by molar-refractivity contribution is 5.95. The van der Waals surface area contributed by atoms with Gasteiger partial charge in [-0.15, -0.1) is 0 Å². The molecule has 0 bridgehead atoms. The standard InChI is InChI=1S/C24H30N4O2/c1-2-30-20-7-8-22-21(15-20)23(19(16-25)17-26-22)27-13-9-18(10-14-27)24(29)28-11-5-3-4-6-12-28/h7-8,15,17-18H,2-6,9-14H2,1H3. The Morgan fingerprint density at radius 3 is 2.57 bits per heavy atom. The Kier molecular flexibility index (Phi) is 6.37. The van der Waals surface area contributed by atoms with Crippen LogP contribution in [0.15, 0.2) is 24.4 Å². The molecule has 6 nitrogen and oxygen atoms in total. The number of likely N-dealkylation sites (tertiary alicyclic amines) is 1. The van der Waals surface area contributed by atoms with Crippen molar-refractivity contribution in [3.63, 3.8) is 0 Å². The van der Waals surface area contributed by atoms with Crippen LogP contribution in [0.2, 0.25) is 0 Å². The van der Waals surface area contributed by atoms with E-state index in [1.54, 1.807) is 6.20 Å². The first-order valence-corrected chi connectivity index (χ1v) is 11.2. The third-order valence-corrected chi connectivity index (χ3v) is 6.32. The second-order valence-corrected chi connectivity index (χ2v) is 8.25. The summed E-state index contributed by atoms with van der Waals surface area (Å²) < 4.78 is 5.68. The fourth-order valence-electron chi connectivity index (χ4n) is 4.74. The van der Waals surface area contributed by atoms with E-state index in [0.29, 0.717) is 18.1 Å². The summed E-state index contributed by atoms with van der Waals surface area (Å²) in [6, 6.07) is 8.15. The van der Waals surface area contributed by atoms with Crippen LogP contribution in [0.1, 0.15) is 51.0 Å². The van der Waals surface area contributed by atoms with E-state index in [1.165, 1.54) is 12.8 Å². The summed E-state index contributed by atoms with van der Waals surface area (Å²) in [6.07, 6.45) is 8.04. The van der Waals surface area contributed by atoms with E-state index in [4.69, 9.17) is 4.74 Å². The van der Waals surface area contributed by atoms with Crippen LogP contribution < -0.4 is 9.64 Å². The molecule has 2 aliphatic heterocycles. The smallest absolute Gasteiger partial charge is 0.225 e. The number of anilines is 1. The van der Waals surface area contributed by atoms with Gasteiger partial charge in [-0.2, -0.15) is 5.26 Å². The molecule has 0 saturated carbocycles. The number of carbonyl (C=O) groups is 1. The monoisotopic (exact) mass is 406 g/mol. The van der Waals surface area contributed by atoms with Crippen LogP contribution in [0, 0.1) is 17.2 Å². The maximum atomic E-state index is 13.0.